The zero-order chi connectivity index (χ0) is 8.06. The summed E-state index contributed by atoms with van der Waals surface area (Å²) >= 11 is 0. The molecule has 2 aliphatic carbocycles. The van der Waals surface area contributed by atoms with Gasteiger partial charge in [-0.1, -0.05) is 6.58 Å². The molecule has 0 saturated heterocycles. The van der Waals surface area contributed by atoms with E-state index in [0.717, 1.165) is 25.7 Å². The SMILES string of the molecule is C=C1C(O)CC2CCCC12O. The van der Waals surface area contributed by atoms with Crippen molar-refractivity contribution in [2.45, 2.75) is 37.4 Å². The van der Waals surface area contributed by atoms with Crippen molar-refractivity contribution in [1.29, 1.82) is 0 Å². The van der Waals surface area contributed by atoms with Gasteiger partial charge in [0.05, 0.1) is 11.7 Å². The number of aliphatic hydroxyl groups excluding tert-OH is 1. The Balaban J connectivity index is 2.30. The summed E-state index contributed by atoms with van der Waals surface area (Å²) < 4.78 is 0. The highest BCUT2D eigenvalue weighted by atomic mass is 16.3. The quantitative estimate of drug-likeness (QED) is 0.507. The highest BCUT2D eigenvalue weighted by Crippen LogP contribution is 2.49. The van der Waals surface area contributed by atoms with Crippen LogP contribution < -0.4 is 0 Å². The van der Waals surface area contributed by atoms with Crippen molar-refractivity contribution in [2.24, 2.45) is 5.92 Å². The summed E-state index contributed by atoms with van der Waals surface area (Å²) in [6, 6.07) is 0. The Hall–Kier alpha value is -0.340. The van der Waals surface area contributed by atoms with Crippen LogP contribution in [0.1, 0.15) is 25.7 Å². The number of rotatable bonds is 0. The minimum atomic E-state index is -0.709. The van der Waals surface area contributed by atoms with Gasteiger partial charge in [0.2, 0.25) is 0 Å². The average molecular weight is 154 g/mol. The van der Waals surface area contributed by atoms with Crippen LogP contribution >= 0.6 is 0 Å². The molecule has 3 unspecified atom stereocenters. The summed E-state index contributed by atoms with van der Waals surface area (Å²) in [4.78, 5) is 0. The molecule has 2 fully saturated rings. The number of aliphatic hydroxyl groups is 2. The van der Waals surface area contributed by atoms with Crippen molar-refractivity contribution >= 4 is 0 Å². The van der Waals surface area contributed by atoms with Crippen molar-refractivity contribution in [3.63, 3.8) is 0 Å². The van der Waals surface area contributed by atoms with E-state index in [0.29, 0.717) is 5.57 Å². The number of fused-ring (bicyclic) bond motifs is 1. The molecule has 2 saturated carbocycles. The van der Waals surface area contributed by atoms with Gasteiger partial charge < -0.3 is 10.2 Å². The van der Waals surface area contributed by atoms with Crippen LogP contribution in [0.5, 0.6) is 0 Å². The van der Waals surface area contributed by atoms with Crippen molar-refractivity contribution in [2.75, 3.05) is 0 Å². The molecule has 0 aliphatic heterocycles. The van der Waals surface area contributed by atoms with Crippen LogP contribution in [0.3, 0.4) is 0 Å². The number of hydrogen-bond donors (Lipinski definition) is 2. The zero-order valence-electron chi connectivity index (χ0n) is 6.58. The third-order valence-electron chi connectivity index (χ3n) is 3.25. The van der Waals surface area contributed by atoms with E-state index in [1.807, 2.05) is 0 Å². The lowest BCUT2D eigenvalue weighted by Crippen LogP contribution is -2.30. The Kier molecular flexibility index (Phi) is 1.38. The van der Waals surface area contributed by atoms with Gasteiger partial charge in [-0.15, -0.1) is 0 Å². The molecule has 11 heavy (non-hydrogen) atoms. The summed E-state index contributed by atoms with van der Waals surface area (Å²) in [5.74, 6) is 0.282. The summed E-state index contributed by atoms with van der Waals surface area (Å²) in [5, 5.41) is 19.4. The van der Waals surface area contributed by atoms with Crippen LogP contribution in [0.15, 0.2) is 12.2 Å². The first-order chi connectivity index (χ1) is 5.14. The fourth-order valence-electron chi connectivity index (χ4n) is 2.50. The van der Waals surface area contributed by atoms with E-state index in [1.165, 1.54) is 0 Å². The third-order valence-corrected chi connectivity index (χ3v) is 3.25. The first-order valence-electron chi connectivity index (χ1n) is 4.24. The van der Waals surface area contributed by atoms with Gasteiger partial charge in [-0.05, 0) is 37.2 Å². The molecule has 0 amide bonds. The van der Waals surface area contributed by atoms with Crippen molar-refractivity contribution in [3.8, 4) is 0 Å². The topological polar surface area (TPSA) is 40.5 Å². The minimum Gasteiger partial charge on any atom is -0.389 e. The summed E-state index contributed by atoms with van der Waals surface area (Å²) in [7, 11) is 0. The van der Waals surface area contributed by atoms with Gasteiger partial charge in [-0.2, -0.15) is 0 Å². The molecule has 0 spiro atoms. The van der Waals surface area contributed by atoms with E-state index >= 15 is 0 Å². The maximum absolute atomic E-state index is 10.0. The molecule has 2 aliphatic rings. The van der Waals surface area contributed by atoms with E-state index in [-0.39, 0.29) is 5.92 Å². The standard InChI is InChI=1S/C9H14O2/c1-6-8(10)5-7-3-2-4-9(6,7)11/h7-8,10-11H,1-5H2. The van der Waals surface area contributed by atoms with Crippen LogP contribution in [0.2, 0.25) is 0 Å². The van der Waals surface area contributed by atoms with E-state index in [9.17, 15) is 10.2 Å². The van der Waals surface area contributed by atoms with Crippen LogP contribution in [0.4, 0.5) is 0 Å². The van der Waals surface area contributed by atoms with Crippen molar-refractivity contribution in [1.82, 2.24) is 0 Å². The normalized spacial score (nSPS) is 49.8. The predicted molar refractivity (Wildman–Crippen MR) is 42.1 cm³/mol. The van der Waals surface area contributed by atoms with E-state index in [4.69, 9.17) is 0 Å². The van der Waals surface area contributed by atoms with Crippen molar-refractivity contribution < 1.29 is 10.2 Å². The highest BCUT2D eigenvalue weighted by molar-refractivity contribution is 5.27. The van der Waals surface area contributed by atoms with Gasteiger partial charge >= 0.3 is 0 Å². The van der Waals surface area contributed by atoms with Gasteiger partial charge in [-0.3, -0.25) is 0 Å². The lowest BCUT2D eigenvalue weighted by molar-refractivity contribution is 0.0577. The van der Waals surface area contributed by atoms with Crippen molar-refractivity contribution in [3.05, 3.63) is 12.2 Å². The Labute approximate surface area is 66.5 Å². The molecule has 2 heteroatoms. The predicted octanol–water partition coefficient (Wildman–Crippen LogP) is 0.838. The van der Waals surface area contributed by atoms with Crippen LogP contribution in [0.25, 0.3) is 0 Å². The second-order valence-electron chi connectivity index (χ2n) is 3.79. The second kappa shape index (κ2) is 2.08. The van der Waals surface area contributed by atoms with Gasteiger partial charge in [-0.25, -0.2) is 0 Å². The van der Waals surface area contributed by atoms with E-state index in [1.54, 1.807) is 0 Å². The summed E-state index contributed by atoms with van der Waals surface area (Å²) in [6.07, 6.45) is 3.19. The Morgan fingerprint density at radius 2 is 2.27 bits per heavy atom. The molecule has 2 rings (SSSR count). The van der Waals surface area contributed by atoms with Gasteiger partial charge in [0.25, 0.3) is 0 Å². The molecule has 2 nitrogen and oxygen atoms in total. The van der Waals surface area contributed by atoms with E-state index < -0.39 is 11.7 Å². The first-order valence-corrected chi connectivity index (χ1v) is 4.24. The summed E-state index contributed by atoms with van der Waals surface area (Å²) in [6.45, 7) is 3.75. The minimum absolute atomic E-state index is 0.282. The smallest absolute Gasteiger partial charge is 0.0907 e. The summed E-state index contributed by atoms with van der Waals surface area (Å²) in [5.41, 5.74) is -0.0561. The van der Waals surface area contributed by atoms with Gasteiger partial charge in [0.1, 0.15) is 0 Å². The fraction of sp³-hybridized carbons (Fsp3) is 0.778. The molecule has 3 atom stereocenters. The van der Waals surface area contributed by atoms with Crippen LogP contribution in [-0.2, 0) is 0 Å². The zero-order valence-corrected chi connectivity index (χ0v) is 6.58. The van der Waals surface area contributed by atoms with Crippen LogP contribution in [0, 0.1) is 5.92 Å². The molecule has 0 heterocycles. The molecule has 0 bridgehead atoms. The average Bonchev–Trinajstić information content (AvgIpc) is 2.39. The maximum atomic E-state index is 10.0. The molecular weight excluding hydrogens is 140 g/mol. The Bertz CT molecular complexity index is 200. The second-order valence-corrected chi connectivity index (χ2v) is 3.79. The van der Waals surface area contributed by atoms with Gasteiger partial charge in [0, 0.05) is 0 Å². The molecule has 2 N–H and O–H groups in total. The molecule has 0 aromatic rings. The molecule has 0 aromatic heterocycles. The lowest BCUT2D eigenvalue weighted by Gasteiger charge is -2.23. The first kappa shape index (κ1) is 7.32. The third kappa shape index (κ3) is 0.797. The largest absolute Gasteiger partial charge is 0.389 e. The molecule has 0 aromatic carbocycles. The fourth-order valence-corrected chi connectivity index (χ4v) is 2.50. The number of hydrogen-bond acceptors (Lipinski definition) is 2. The monoisotopic (exact) mass is 154 g/mol. The molecule has 62 valence electrons. The Morgan fingerprint density at radius 1 is 1.55 bits per heavy atom. The molecular formula is C9H14O2. The highest BCUT2D eigenvalue weighted by Gasteiger charge is 2.51. The van der Waals surface area contributed by atoms with Gasteiger partial charge in [0.15, 0.2) is 0 Å². The van der Waals surface area contributed by atoms with E-state index in [2.05, 4.69) is 6.58 Å². The maximum Gasteiger partial charge on any atom is 0.0907 e. The van der Waals surface area contributed by atoms with Crippen LogP contribution in [-0.4, -0.2) is 21.9 Å². The molecule has 0 radical (unpaired) electrons. The Morgan fingerprint density at radius 3 is 2.91 bits per heavy atom. The lowest BCUT2D eigenvalue weighted by atomic mass is 9.92.